The smallest absolute Gasteiger partial charge is 0.355 e. The van der Waals surface area contributed by atoms with E-state index in [9.17, 15) is 18.3 Å². The lowest BCUT2D eigenvalue weighted by atomic mass is 10.0. The van der Waals surface area contributed by atoms with E-state index in [-0.39, 0.29) is 22.3 Å². The molecule has 194 valence electrons. The van der Waals surface area contributed by atoms with Gasteiger partial charge >= 0.3 is 5.97 Å². The Bertz CT molecular complexity index is 1570. The lowest BCUT2D eigenvalue weighted by Crippen LogP contribution is -2.11. The Morgan fingerprint density at radius 2 is 1.92 bits per heavy atom. The topological polar surface area (TPSA) is 111 Å². The highest BCUT2D eigenvalue weighted by Gasteiger charge is 2.27. The van der Waals surface area contributed by atoms with Gasteiger partial charge in [0.05, 0.1) is 27.6 Å². The zero-order valence-corrected chi connectivity index (χ0v) is 23.5. The molecule has 0 aliphatic rings. The molecule has 4 rings (SSSR count). The number of aromatic nitrogens is 3. The molecular formula is C26H27N3O5S3. The van der Waals surface area contributed by atoms with Crippen molar-refractivity contribution < 1.29 is 23.1 Å². The van der Waals surface area contributed by atoms with Crippen LogP contribution in [0.4, 0.5) is 0 Å². The maximum atomic E-state index is 12.5. The fourth-order valence-corrected chi connectivity index (χ4v) is 7.38. The van der Waals surface area contributed by atoms with Crippen molar-refractivity contribution in [1.29, 1.82) is 0 Å². The second-order valence-electron chi connectivity index (χ2n) is 8.72. The summed E-state index contributed by atoms with van der Waals surface area (Å²) in [5.74, 6) is -0.468. The third-order valence-electron chi connectivity index (χ3n) is 5.58. The number of thioether (sulfide) groups is 1. The van der Waals surface area contributed by atoms with Gasteiger partial charge < -0.3 is 9.84 Å². The third-order valence-corrected chi connectivity index (χ3v) is 9.02. The summed E-state index contributed by atoms with van der Waals surface area (Å²) < 4.78 is 32.3. The molecule has 0 fully saturated rings. The standard InChI is InChI=1S/C26H27N3O5S3/c1-15(2)35-25-22(18-10-8-11-19(13-18)34-4)27-26(36-25)29-23(24(30)31)20(16(3)28-29)14-17-9-6-7-12-21(17)37(5,32)33/h6-13,15H,14H2,1-5H3,(H,30,31). The largest absolute Gasteiger partial charge is 0.497 e. The summed E-state index contributed by atoms with van der Waals surface area (Å²) in [5, 5.41) is 15.5. The Kier molecular flexibility index (Phi) is 7.77. The van der Waals surface area contributed by atoms with Crippen molar-refractivity contribution in [2.75, 3.05) is 13.4 Å². The number of benzene rings is 2. The number of carbonyl (C=O) groups is 1. The van der Waals surface area contributed by atoms with Crippen LogP contribution in [0.3, 0.4) is 0 Å². The lowest BCUT2D eigenvalue weighted by molar-refractivity contribution is 0.0686. The Morgan fingerprint density at radius 3 is 2.57 bits per heavy atom. The normalized spacial score (nSPS) is 11.7. The molecule has 1 N–H and O–H groups in total. The van der Waals surface area contributed by atoms with Crippen LogP contribution in [-0.4, -0.2) is 52.9 Å². The molecule has 0 saturated carbocycles. The van der Waals surface area contributed by atoms with Crippen LogP contribution in [0.5, 0.6) is 5.75 Å². The molecule has 0 bridgehead atoms. The van der Waals surface area contributed by atoms with Gasteiger partial charge in [0, 0.05) is 29.1 Å². The fraction of sp³-hybridized carbons (Fsp3) is 0.269. The first-order valence-corrected chi connectivity index (χ1v) is 15.0. The van der Waals surface area contributed by atoms with Crippen LogP contribution >= 0.6 is 23.1 Å². The van der Waals surface area contributed by atoms with Crippen molar-refractivity contribution in [3.05, 3.63) is 71.0 Å². The van der Waals surface area contributed by atoms with Gasteiger partial charge in [-0.3, -0.25) is 0 Å². The minimum Gasteiger partial charge on any atom is -0.497 e. The van der Waals surface area contributed by atoms with Gasteiger partial charge in [-0.25, -0.2) is 18.2 Å². The number of carboxylic acids is 1. The molecule has 37 heavy (non-hydrogen) atoms. The van der Waals surface area contributed by atoms with Crippen molar-refractivity contribution in [3.63, 3.8) is 0 Å². The van der Waals surface area contributed by atoms with E-state index in [0.29, 0.717) is 27.7 Å². The number of sulfone groups is 1. The van der Waals surface area contributed by atoms with Crippen LogP contribution < -0.4 is 4.74 Å². The highest BCUT2D eigenvalue weighted by molar-refractivity contribution is 8.01. The molecular weight excluding hydrogens is 531 g/mol. The number of aryl methyl sites for hydroxylation is 1. The predicted molar refractivity (Wildman–Crippen MR) is 146 cm³/mol. The molecule has 8 nitrogen and oxygen atoms in total. The summed E-state index contributed by atoms with van der Waals surface area (Å²) in [7, 11) is -1.89. The zero-order valence-electron chi connectivity index (χ0n) is 21.0. The summed E-state index contributed by atoms with van der Waals surface area (Å²) in [4.78, 5) is 17.5. The first-order chi connectivity index (χ1) is 17.5. The Hall–Kier alpha value is -3.15. The van der Waals surface area contributed by atoms with Gasteiger partial charge in [0.25, 0.3) is 0 Å². The number of hydrogen-bond donors (Lipinski definition) is 1. The molecule has 11 heteroatoms. The molecule has 2 aromatic heterocycles. The quantitative estimate of drug-likeness (QED) is 0.268. The Balaban J connectivity index is 1.87. The maximum Gasteiger partial charge on any atom is 0.355 e. The van der Waals surface area contributed by atoms with Gasteiger partial charge in [-0.1, -0.05) is 55.5 Å². The molecule has 0 amide bonds. The van der Waals surface area contributed by atoms with Crippen LogP contribution in [0.15, 0.2) is 57.6 Å². The van der Waals surface area contributed by atoms with Crippen molar-refractivity contribution in [2.45, 2.75) is 41.5 Å². The first kappa shape index (κ1) is 26.9. The minimum atomic E-state index is -3.49. The number of aromatic carboxylic acids is 1. The Morgan fingerprint density at radius 1 is 1.19 bits per heavy atom. The van der Waals surface area contributed by atoms with Crippen molar-refractivity contribution in [1.82, 2.24) is 14.8 Å². The SMILES string of the molecule is COc1cccc(-c2nc(-n3nc(C)c(Cc4ccccc4S(C)(=O)=O)c3C(=O)O)sc2SC(C)C)c1. The second-order valence-corrected chi connectivity index (χ2v) is 13.5. The fourth-order valence-electron chi connectivity index (χ4n) is 3.96. The van der Waals surface area contributed by atoms with Crippen LogP contribution in [0.2, 0.25) is 0 Å². The van der Waals surface area contributed by atoms with E-state index in [1.54, 1.807) is 44.0 Å². The Labute approximate surface area is 224 Å². The van der Waals surface area contributed by atoms with Crippen LogP contribution in [0.1, 0.15) is 41.2 Å². The summed E-state index contributed by atoms with van der Waals surface area (Å²) >= 11 is 3.01. The van der Waals surface area contributed by atoms with Gasteiger partial charge in [-0.2, -0.15) is 9.78 Å². The molecule has 0 atom stereocenters. The minimum absolute atomic E-state index is 0.0344. The molecule has 0 spiro atoms. The molecule has 0 aliphatic heterocycles. The van der Waals surface area contributed by atoms with Gasteiger partial charge in [0.15, 0.2) is 15.5 Å². The average molecular weight is 558 g/mol. The first-order valence-electron chi connectivity index (χ1n) is 11.4. The molecule has 4 aromatic rings. The van der Waals surface area contributed by atoms with E-state index in [1.165, 1.54) is 22.1 Å². The van der Waals surface area contributed by atoms with Gasteiger partial charge in [-0.15, -0.1) is 11.8 Å². The van der Waals surface area contributed by atoms with E-state index in [2.05, 4.69) is 18.9 Å². The number of nitrogens with zero attached hydrogens (tertiary/aromatic N) is 3. The number of ether oxygens (including phenoxy) is 1. The molecule has 2 aromatic carbocycles. The molecule has 0 radical (unpaired) electrons. The number of carboxylic acid groups (broad SMARTS) is 1. The molecule has 2 heterocycles. The monoisotopic (exact) mass is 557 g/mol. The van der Waals surface area contributed by atoms with Crippen molar-refractivity contribution in [3.8, 4) is 22.1 Å². The summed E-state index contributed by atoms with van der Waals surface area (Å²) in [5.41, 5.74) is 3.01. The molecule has 0 unspecified atom stereocenters. The van der Waals surface area contributed by atoms with Crippen molar-refractivity contribution in [2.24, 2.45) is 0 Å². The highest BCUT2D eigenvalue weighted by Crippen LogP contribution is 2.41. The van der Waals surface area contributed by atoms with E-state index in [4.69, 9.17) is 9.72 Å². The highest BCUT2D eigenvalue weighted by atomic mass is 32.2. The molecule has 0 aliphatic carbocycles. The summed E-state index contributed by atoms with van der Waals surface area (Å²) in [6.07, 6.45) is 1.25. The van der Waals surface area contributed by atoms with E-state index in [0.717, 1.165) is 21.7 Å². The number of hydrogen-bond acceptors (Lipinski definition) is 8. The van der Waals surface area contributed by atoms with E-state index in [1.807, 2.05) is 24.3 Å². The van der Waals surface area contributed by atoms with E-state index >= 15 is 0 Å². The van der Waals surface area contributed by atoms with Gasteiger partial charge in [-0.05, 0) is 30.7 Å². The number of thiazole rings is 1. The maximum absolute atomic E-state index is 12.5. The lowest BCUT2D eigenvalue weighted by Gasteiger charge is -2.08. The van der Waals surface area contributed by atoms with Crippen LogP contribution in [0.25, 0.3) is 16.4 Å². The third kappa shape index (κ3) is 5.73. The number of methoxy groups -OCH3 is 1. The summed E-state index contributed by atoms with van der Waals surface area (Å²) in [6.45, 7) is 5.89. The van der Waals surface area contributed by atoms with Crippen LogP contribution in [0, 0.1) is 6.92 Å². The number of rotatable bonds is 9. The van der Waals surface area contributed by atoms with Gasteiger partial charge in [0.1, 0.15) is 5.75 Å². The average Bonchev–Trinajstić information content (AvgIpc) is 3.39. The van der Waals surface area contributed by atoms with E-state index < -0.39 is 15.8 Å². The van der Waals surface area contributed by atoms with Crippen LogP contribution in [-0.2, 0) is 16.3 Å². The summed E-state index contributed by atoms with van der Waals surface area (Å²) in [6, 6.07) is 14.2. The molecule has 0 saturated heterocycles. The predicted octanol–water partition coefficient (Wildman–Crippen LogP) is 5.51. The second kappa shape index (κ2) is 10.7. The van der Waals surface area contributed by atoms with Gasteiger partial charge in [0.2, 0.25) is 5.13 Å². The van der Waals surface area contributed by atoms with Crippen molar-refractivity contribution >= 4 is 38.9 Å². The zero-order chi connectivity index (χ0) is 26.9.